The summed E-state index contributed by atoms with van der Waals surface area (Å²) in [5.74, 6) is -0.248. The number of alkyl carbamates (subject to hydrolysis) is 1. The molecule has 1 amide bonds. The van der Waals surface area contributed by atoms with Crippen molar-refractivity contribution in [3.63, 3.8) is 0 Å². The Bertz CT molecular complexity index is 448. The third-order valence-electron chi connectivity index (χ3n) is 2.34. The van der Waals surface area contributed by atoms with E-state index in [1.165, 1.54) is 10.8 Å². The molecule has 1 aliphatic rings. The molecule has 2 heterocycles. The van der Waals surface area contributed by atoms with Crippen LogP contribution in [0.1, 0.15) is 6.92 Å². The molecule has 9 heteroatoms. The third-order valence-corrected chi connectivity index (χ3v) is 2.34. The summed E-state index contributed by atoms with van der Waals surface area (Å²) in [5, 5.41) is 13.0. The average molecular weight is 256 g/mol. The minimum absolute atomic E-state index is 0.192. The van der Waals surface area contributed by atoms with Crippen molar-refractivity contribution in [1.29, 1.82) is 0 Å². The van der Waals surface area contributed by atoms with Gasteiger partial charge in [-0.25, -0.2) is 4.79 Å². The van der Waals surface area contributed by atoms with Crippen LogP contribution in [-0.2, 0) is 11.3 Å². The van der Waals surface area contributed by atoms with Crippen molar-refractivity contribution >= 4 is 11.9 Å². The Morgan fingerprint density at radius 3 is 3.22 bits per heavy atom. The molecule has 1 atom stereocenters. The molecule has 9 nitrogen and oxygen atoms in total. The van der Waals surface area contributed by atoms with Gasteiger partial charge in [0.2, 0.25) is 0 Å². The van der Waals surface area contributed by atoms with Crippen LogP contribution in [0.5, 0.6) is 6.01 Å². The van der Waals surface area contributed by atoms with E-state index in [4.69, 9.17) is 9.47 Å². The maximum Gasteiger partial charge on any atom is 0.414 e. The summed E-state index contributed by atoms with van der Waals surface area (Å²) in [5.41, 5.74) is 0. The molecule has 1 aromatic rings. The van der Waals surface area contributed by atoms with Crippen LogP contribution in [0, 0.1) is 10.1 Å². The van der Waals surface area contributed by atoms with Crippen molar-refractivity contribution < 1.29 is 19.2 Å². The number of fused-ring (bicyclic) bond motifs is 1. The zero-order valence-electron chi connectivity index (χ0n) is 9.66. The number of imidazole rings is 1. The maximum absolute atomic E-state index is 11.1. The molecular weight excluding hydrogens is 244 g/mol. The second kappa shape index (κ2) is 4.90. The van der Waals surface area contributed by atoms with Crippen LogP contribution in [-0.4, -0.2) is 39.8 Å². The Balaban J connectivity index is 1.85. The number of hydrogen-bond donors (Lipinski definition) is 1. The number of nitrogens with one attached hydrogen (secondary N) is 1. The van der Waals surface area contributed by atoms with E-state index in [1.807, 2.05) is 0 Å². The Labute approximate surface area is 102 Å². The summed E-state index contributed by atoms with van der Waals surface area (Å²) in [4.78, 5) is 24.6. The van der Waals surface area contributed by atoms with Gasteiger partial charge in [0.25, 0.3) is 0 Å². The van der Waals surface area contributed by atoms with E-state index in [1.54, 1.807) is 6.92 Å². The van der Waals surface area contributed by atoms with Crippen molar-refractivity contribution in [3.8, 4) is 6.01 Å². The number of nitrogens with zero attached hydrogens (tertiary/aromatic N) is 3. The molecule has 2 rings (SSSR count). The molecule has 0 bridgehead atoms. The molecule has 1 aromatic heterocycles. The van der Waals surface area contributed by atoms with Gasteiger partial charge in [-0.3, -0.25) is 4.57 Å². The normalized spacial score (nSPS) is 16.8. The Kier molecular flexibility index (Phi) is 3.31. The van der Waals surface area contributed by atoms with Gasteiger partial charge in [-0.15, -0.1) is 0 Å². The minimum atomic E-state index is -0.583. The maximum atomic E-state index is 11.1. The number of carbonyl (C=O) groups is 1. The molecule has 0 aliphatic carbocycles. The highest BCUT2D eigenvalue weighted by Crippen LogP contribution is 2.24. The summed E-state index contributed by atoms with van der Waals surface area (Å²) in [7, 11) is 0. The molecule has 0 radical (unpaired) electrons. The van der Waals surface area contributed by atoms with Crippen LogP contribution in [0.25, 0.3) is 0 Å². The fraction of sp³-hybridized carbons (Fsp3) is 0.556. The smallest absolute Gasteiger partial charge is 0.414 e. The van der Waals surface area contributed by atoms with Crippen molar-refractivity contribution in [2.45, 2.75) is 19.6 Å². The van der Waals surface area contributed by atoms with Crippen LogP contribution in [0.4, 0.5) is 10.6 Å². The van der Waals surface area contributed by atoms with Crippen LogP contribution in [0.15, 0.2) is 6.20 Å². The first kappa shape index (κ1) is 12.1. The Morgan fingerprint density at radius 2 is 2.61 bits per heavy atom. The Morgan fingerprint density at radius 1 is 1.83 bits per heavy atom. The molecule has 0 saturated heterocycles. The van der Waals surface area contributed by atoms with E-state index in [-0.39, 0.29) is 24.5 Å². The molecule has 98 valence electrons. The molecule has 0 fully saturated rings. The standard InChI is InChI=1S/C9H12N4O5/c1-2-17-9(14)10-3-6-4-12-5-7(13(15)16)11-8(12)18-6/h5-6H,2-4H2,1H3,(H,10,14). The van der Waals surface area contributed by atoms with Crippen molar-refractivity contribution in [1.82, 2.24) is 14.9 Å². The zero-order valence-corrected chi connectivity index (χ0v) is 9.66. The fourth-order valence-corrected chi connectivity index (χ4v) is 1.59. The summed E-state index contributed by atoms with van der Waals surface area (Å²) in [6, 6.07) is 0.192. The lowest BCUT2D eigenvalue weighted by molar-refractivity contribution is -0.389. The fourth-order valence-electron chi connectivity index (χ4n) is 1.59. The van der Waals surface area contributed by atoms with Crippen molar-refractivity contribution in [2.24, 2.45) is 0 Å². The van der Waals surface area contributed by atoms with Gasteiger partial charge < -0.3 is 24.9 Å². The number of ether oxygens (including phenoxy) is 2. The third kappa shape index (κ3) is 2.50. The van der Waals surface area contributed by atoms with Crippen LogP contribution < -0.4 is 10.1 Å². The zero-order chi connectivity index (χ0) is 13.1. The van der Waals surface area contributed by atoms with E-state index in [2.05, 4.69) is 10.3 Å². The van der Waals surface area contributed by atoms with Crippen LogP contribution in [0.3, 0.4) is 0 Å². The van der Waals surface area contributed by atoms with Gasteiger partial charge in [-0.1, -0.05) is 0 Å². The molecule has 1 unspecified atom stereocenters. The lowest BCUT2D eigenvalue weighted by Gasteiger charge is -2.09. The number of rotatable bonds is 4. The summed E-state index contributed by atoms with van der Waals surface area (Å²) >= 11 is 0. The molecular formula is C9H12N4O5. The molecule has 0 spiro atoms. The first-order valence-electron chi connectivity index (χ1n) is 5.39. The van der Waals surface area contributed by atoms with Gasteiger partial charge in [0.15, 0.2) is 0 Å². The predicted octanol–water partition coefficient (Wildman–Crippen LogP) is 0.298. The topological polar surface area (TPSA) is 109 Å². The van der Waals surface area contributed by atoms with Gasteiger partial charge in [-0.2, -0.15) is 0 Å². The lowest BCUT2D eigenvalue weighted by atomic mass is 10.3. The quantitative estimate of drug-likeness (QED) is 0.613. The number of nitro groups is 1. The average Bonchev–Trinajstić information content (AvgIpc) is 2.84. The first-order valence-corrected chi connectivity index (χ1v) is 5.39. The summed E-state index contributed by atoms with van der Waals surface area (Å²) in [6.07, 6.45) is 0.494. The van der Waals surface area contributed by atoms with E-state index in [0.717, 1.165) is 0 Å². The molecule has 1 aliphatic heterocycles. The van der Waals surface area contributed by atoms with Gasteiger partial charge in [0.05, 0.1) is 19.7 Å². The highest BCUT2D eigenvalue weighted by atomic mass is 16.6. The highest BCUT2D eigenvalue weighted by molar-refractivity contribution is 5.67. The van der Waals surface area contributed by atoms with Crippen molar-refractivity contribution in [2.75, 3.05) is 13.2 Å². The van der Waals surface area contributed by atoms with Crippen molar-refractivity contribution in [3.05, 3.63) is 16.3 Å². The predicted molar refractivity (Wildman–Crippen MR) is 58.3 cm³/mol. The van der Waals surface area contributed by atoms with E-state index >= 15 is 0 Å². The Hall–Kier alpha value is -2.32. The van der Waals surface area contributed by atoms with E-state index in [9.17, 15) is 14.9 Å². The highest BCUT2D eigenvalue weighted by Gasteiger charge is 2.31. The SMILES string of the molecule is CCOC(=O)NCC1Cn2cc([N+](=O)[O-])nc2O1. The first-order chi connectivity index (χ1) is 8.60. The molecule has 0 saturated carbocycles. The van der Waals surface area contributed by atoms with Crippen LogP contribution in [0.2, 0.25) is 0 Å². The monoisotopic (exact) mass is 256 g/mol. The van der Waals surface area contributed by atoms with E-state index < -0.39 is 11.0 Å². The minimum Gasteiger partial charge on any atom is -0.450 e. The summed E-state index contributed by atoms with van der Waals surface area (Å²) in [6.45, 7) is 2.67. The molecule has 18 heavy (non-hydrogen) atoms. The lowest BCUT2D eigenvalue weighted by Crippen LogP contribution is -2.35. The number of amides is 1. The van der Waals surface area contributed by atoms with Gasteiger partial charge in [0, 0.05) is 4.98 Å². The second-order valence-electron chi connectivity index (χ2n) is 3.63. The van der Waals surface area contributed by atoms with Gasteiger partial charge in [0.1, 0.15) is 12.3 Å². The largest absolute Gasteiger partial charge is 0.450 e. The number of hydrogen-bond acceptors (Lipinski definition) is 6. The second-order valence-corrected chi connectivity index (χ2v) is 3.63. The van der Waals surface area contributed by atoms with Crippen LogP contribution >= 0.6 is 0 Å². The number of aromatic nitrogens is 2. The van der Waals surface area contributed by atoms with Gasteiger partial charge >= 0.3 is 17.9 Å². The summed E-state index contributed by atoms with van der Waals surface area (Å²) < 4.78 is 11.6. The van der Waals surface area contributed by atoms with Gasteiger partial charge in [-0.05, 0) is 11.8 Å². The molecule has 0 aromatic carbocycles. The van der Waals surface area contributed by atoms with E-state index in [0.29, 0.717) is 13.2 Å². The molecule has 1 N–H and O–H groups in total. The number of carbonyl (C=O) groups excluding carboxylic acids is 1.